The second-order valence-electron chi connectivity index (χ2n) is 6.08. The number of ether oxygens (including phenoxy) is 1. The Balaban J connectivity index is 2.09. The molecule has 0 radical (unpaired) electrons. The Bertz CT molecular complexity index is 650. The summed E-state index contributed by atoms with van der Waals surface area (Å²) in [5.41, 5.74) is 9.99. The van der Waals surface area contributed by atoms with E-state index in [0.29, 0.717) is 5.92 Å². The highest BCUT2D eigenvalue weighted by atomic mass is 32.1. The van der Waals surface area contributed by atoms with Crippen LogP contribution in [0.1, 0.15) is 54.4 Å². The highest BCUT2D eigenvalue weighted by molar-refractivity contribution is 7.09. The van der Waals surface area contributed by atoms with Crippen molar-refractivity contribution in [2.45, 2.75) is 44.6 Å². The maximum atomic E-state index is 6.82. The van der Waals surface area contributed by atoms with Gasteiger partial charge in [-0.15, -0.1) is 11.3 Å². The number of fused-ring (bicyclic) bond motifs is 1. The fraction of sp³-hybridized carbons (Fsp3) is 0.471. The Morgan fingerprint density at radius 1 is 1.38 bits per heavy atom. The lowest BCUT2D eigenvalue weighted by atomic mass is 9.77. The van der Waals surface area contributed by atoms with Crippen molar-refractivity contribution in [3.8, 4) is 5.75 Å². The van der Waals surface area contributed by atoms with Crippen LogP contribution in [-0.2, 0) is 12.0 Å². The molecule has 0 amide bonds. The average Bonchev–Trinajstić information content (AvgIpc) is 2.98. The minimum Gasteiger partial charge on any atom is -0.497 e. The van der Waals surface area contributed by atoms with Gasteiger partial charge in [0.05, 0.1) is 18.3 Å². The summed E-state index contributed by atoms with van der Waals surface area (Å²) in [4.78, 5) is 4.81. The van der Waals surface area contributed by atoms with E-state index >= 15 is 0 Å². The van der Waals surface area contributed by atoms with Crippen LogP contribution in [0.15, 0.2) is 23.6 Å². The summed E-state index contributed by atoms with van der Waals surface area (Å²) in [6.07, 6.45) is 3.13. The van der Waals surface area contributed by atoms with Gasteiger partial charge >= 0.3 is 0 Å². The van der Waals surface area contributed by atoms with Gasteiger partial charge in [-0.25, -0.2) is 4.98 Å². The quantitative estimate of drug-likeness (QED) is 0.937. The topological polar surface area (TPSA) is 48.1 Å². The molecule has 3 nitrogen and oxygen atoms in total. The molecular weight excluding hydrogens is 280 g/mol. The monoisotopic (exact) mass is 302 g/mol. The number of benzene rings is 1. The second kappa shape index (κ2) is 5.43. The van der Waals surface area contributed by atoms with Gasteiger partial charge in [0.15, 0.2) is 0 Å². The zero-order valence-corrected chi connectivity index (χ0v) is 13.7. The predicted molar refractivity (Wildman–Crippen MR) is 87.1 cm³/mol. The molecule has 1 heterocycles. The number of nitrogens with zero attached hydrogens (tertiary/aromatic N) is 1. The summed E-state index contributed by atoms with van der Waals surface area (Å²) in [5.74, 6) is 1.30. The van der Waals surface area contributed by atoms with Crippen LogP contribution in [0.2, 0.25) is 0 Å². The molecule has 4 heteroatoms. The molecule has 1 aliphatic rings. The minimum atomic E-state index is -0.472. The molecule has 1 aliphatic carbocycles. The standard InChI is InChI=1S/C17H22N2OS/c1-11(2)15-10-21-16(19-15)17(18)8-4-5-12-6-7-13(20-3)9-14(12)17/h6-7,9-11H,4-5,8,18H2,1-3H3. The highest BCUT2D eigenvalue weighted by Crippen LogP contribution is 2.41. The summed E-state index contributed by atoms with van der Waals surface area (Å²) in [6, 6.07) is 6.25. The van der Waals surface area contributed by atoms with E-state index in [2.05, 4.69) is 31.4 Å². The summed E-state index contributed by atoms with van der Waals surface area (Å²) in [5, 5.41) is 3.17. The molecule has 3 rings (SSSR count). The van der Waals surface area contributed by atoms with E-state index in [0.717, 1.165) is 35.7 Å². The molecule has 2 N–H and O–H groups in total. The summed E-state index contributed by atoms with van der Waals surface area (Å²) in [7, 11) is 1.70. The van der Waals surface area contributed by atoms with E-state index in [1.807, 2.05) is 6.07 Å². The third kappa shape index (κ3) is 2.47. The first-order valence-corrected chi connectivity index (χ1v) is 8.34. The lowest BCUT2D eigenvalue weighted by molar-refractivity contribution is 0.404. The number of nitrogens with two attached hydrogens (primary N) is 1. The SMILES string of the molecule is COc1ccc2c(c1)C(N)(c1nc(C(C)C)cs1)CCC2. The van der Waals surface area contributed by atoms with E-state index in [1.54, 1.807) is 18.4 Å². The van der Waals surface area contributed by atoms with Crippen LogP contribution in [-0.4, -0.2) is 12.1 Å². The Labute approximate surface area is 130 Å². The number of methoxy groups -OCH3 is 1. The fourth-order valence-electron chi connectivity index (χ4n) is 2.99. The van der Waals surface area contributed by atoms with Crippen LogP contribution in [0.5, 0.6) is 5.75 Å². The first kappa shape index (κ1) is 14.5. The molecule has 2 aromatic rings. The summed E-state index contributed by atoms with van der Waals surface area (Å²) >= 11 is 1.68. The van der Waals surface area contributed by atoms with Crippen LogP contribution < -0.4 is 10.5 Å². The maximum absolute atomic E-state index is 6.82. The summed E-state index contributed by atoms with van der Waals surface area (Å²) < 4.78 is 5.38. The van der Waals surface area contributed by atoms with Crippen molar-refractivity contribution >= 4 is 11.3 Å². The molecule has 0 fully saturated rings. The highest BCUT2D eigenvalue weighted by Gasteiger charge is 2.37. The van der Waals surface area contributed by atoms with Crippen molar-refractivity contribution in [1.82, 2.24) is 4.98 Å². The second-order valence-corrected chi connectivity index (χ2v) is 6.94. The number of rotatable bonds is 3. The third-order valence-electron chi connectivity index (χ3n) is 4.31. The van der Waals surface area contributed by atoms with Gasteiger partial charge in [-0.2, -0.15) is 0 Å². The van der Waals surface area contributed by atoms with Gasteiger partial charge in [0.25, 0.3) is 0 Å². The summed E-state index contributed by atoms with van der Waals surface area (Å²) in [6.45, 7) is 4.33. The number of aromatic nitrogens is 1. The van der Waals surface area contributed by atoms with E-state index in [-0.39, 0.29) is 0 Å². The lowest BCUT2D eigenvalue weighted by Gasteiger charge is -2.34. The van der Waals surface area contributed by atoms with Gasteiger partial charge < -0.3 is 10.5 Å². The van der Waals surface area contributed by atoms with Crippen LogP contribution in [0.25, 0.3) is 0 Å². The van der Waals surface area contributed by atoms with Crippen molar-refractivity contribution < 1.29 is 4.74 Å². The van der Waals surface area contributed by atoms with E-state index in [1.165, 1.54) is 11.1 Å². The lowest BCUT2D eigenvalue weighted by Crippen LogP contribution is -2.41. The molecule has 1 atom stereocenters. The Hall–Kier alpha value is -1.39. The Morgan fingerprint density at radius 3 is 2.86 bits per heavy atom. The normalized spacial score (nSPS) is 21.4. The van der Waals surface area contributed by atoms with Gasteiger partial charge in [0.2, 0.25) is 0 Å². The molecule has 1 aromatic carbocycles. The van der Waals surface area contributed by atoms with Crippen molar-refractivity contribution in [2.24, 2.45) is 5.73 Å². The van der Waals surface area contributed by atoms with Crippen LogP contribution in [0.3, 0.4) is 0 Å². The van der Waals surface area contributed by atoms with Crippen molar-refractivity contribution in [3.05, 3.63) is 45.4 Å². The van der Waals surface area contributed by atoms with E-state index < -0.39 is 5.54 Å². The van der Waals surface area contributed by atoms with Gasteiger partial charge in [0.1, 0.15) is 10.8 Å². The molecule has 21 heavy (non-hydrogen) atoms. The molecule has 0 saturated heterocycles. The van der Waals surface area contributed by atoms with Gasteiger partial charge in [-0.1, -0.05) is 19.9 Å². The zero-order chi connectivity index (χ0) is 15.0. The minimum absolute atomic E-state index is 0.437. The average molecular weight is 302 g/mol. The van der Waals surface area contributed by atoms with Crippen LogP contribution in [0.4, 0.5) is 0 Å². The molecule has 0 bridgehead atoms. The van der Waals surface area contributed by atoms with Crippen molar-refractivity contribution in [1.29, 1.82) is 0 Å². The van der Waals surface area contributed by atoms with Gasteiger partial charge in [-0.3, -0.25) is 0 Å². The molecule has 0 aliphatic heterocycles. The van der Waals surface area contributed by atoms with Gasteiger partial charge in [-0.05, 0) is 48.4 Å². The third-order valence-corrected chi connectivity index (χ3v) is 5.35. The van der Waals surface area contributed by atoms with Crippen LogP contribution >= 0.6 is 11.3 Å². The van der Waals surface area contributed by atoms with Crippen molar-refractivity contribution in [2.75, 3.05) is 7.11 Å². The predicted octanol–water partition coefficient (Wildman–Crippen LogP) is 3.81. The number of hydrogen-bond acceptors (Lipinski definition) is 4. The van der Waals surface area contributed by atoms with E-state index in [9.17, 15) is 0 Å². The fourth-order valence-corrected chi connectivity index (χ4v) is 4.12. The largest absolute Gasteiger partial charge is 0.497 e. The molecule has 0 spiro atoms. The molecule has 1 aromatic heterocycles. The number of hydrogen-bond donors (Lipinski definition) is 1. The Kier molecular flexibility index (Phi) is 3.76. The number of thiazole rings is 1. The van der Waals surface area contributed by atoms with Crippen molar-refractivity contribution in [3.63, 3.8) is 0 Å². The van der Waals surface area contributed by atoms with Gasteiger partial charge in [0, 0.05) is 5.38 Å². The number of aryl methyl sites for hydroxylation is 1. The zero-order valence-electron chi connectivity index (χ0n) is 12.8. The maximum Gasteiger partial charge on any atom is 0.119 e. The molecule has 112 valence electrons. The van der Waals surface area contributed by atoms with Crippen LogP contribution in [0, 0.1) is 0 Å². The molecule has 0 saturated carbocycles. The smallest absolute Gasteiger partial charge is 0.119 e. The first-order valence-electron chi connectivity index (χ1n) is 7.47. The first-order chi connectivity index (χ1) is 10.0. The Morgan fingerprint density at radius 2 is 2.19 bits per heavy atom. The van der Waals surface area contributed by atoms with E-state index in [4.69, 9.17) is 15.5 Å². The molecule has 1 unspecified atom stereocenters. The molecular formula is C17H22N2OS.